The first-order valence-corrected chi connectivity index (χ1v) is 7.02. The standard InChI is InChI=1S/C15H13BrClNO/c1-10-5-6-13(14(16)7-10)15(19)18-9-11-3-2-4-12(17)8-11/h2-8H,9H2,1H3,(H,18,19). The number of aryl methyl sites for hydroxylation is 1. The van der Waals surface area contributed by atoms with Crippen LogP contribution in [-0.4, -0.2) is 5.91 Å². The van der Waals surface area contributed by atoms with Gasteiger partial charge in [0.05, 0.1) is 5.56 Å². The van der Waals surface area contributed by atoms with E-state index in [1.165, 1.54) is 0 Å². The average molecular weight is 339 g/mol. The lowest BCUT2D eigenvalue weighted by Gasteiger charge is -2.08. The van der Waals surface area contributed by atoms with Gasteiger partial charge in [0, 0.05) is 16.0 Å². The van der Waals surface area contributed by atoms with Crippen molar-refractivity contribution in [1.29, 1.82) is 0 Å². The Morgan fingerprint density at radius 3 is 2.74 bits per heavy atom. The predicted molar refractivity (Wildman–Crippen MR) is 81.5 cm³/mol. The van der Waals surface area contributed by atoms with Gasteiger partial charge in [0.1, 0.15) is 0 Å². The van der Waals surface area contributed by atoms with Gasteiger partial charge in [-0.15, -0.1) is 0 Å². The highest BCUT2D eigenvalue weighted by molar-refractivity contribution is 9.10. The zero-order valence-electron chi connectivity index (χ0n) is 10.4. The molecule has 2 nitrogen and oxygen atoms in total. The van der Waals surface area contributed by atoms with E-state index in [4.69, 9.17) is 11.6 Å². The van der Waals surface area contributed by atoms with Crippen LogP contribution < -0.4 is 5.32 Å². The van der Waals surface area contributed by atoms with Crippen molar-refractivity contribution in [1.82, 2.24) is 5.32 Å². The van der Waals surface area contributed by atoms with Gasteiger partial charge >= 0.3 is 0 Å². The summed E-state index contributed by atoms with van der Waals surface area (Å²) < 4.78 is 0.802. The summed E-state index contributed by atoms with van der Waals surface area (Å²) >= 11 is 9.30. The lowest BCUT2D eigenvalue weighted by Crippen LogP contribution is -2.23. The molecule has 0 aromatic heterocycles. The number of rotatable bonds is 3. The number of benzene rings is 2. The van der Waals surface area contributed by atoms with Crippen LogP contribution in [0.2, 0.25) is 5.02 Å². The Bertz CT molecular complexity index is 613. The molecule has 0 unspecified atom stereocenters. The first-order valence-electron chi connectivity index (χ1n) is 5.85. The number of halogens is 2. The third-order valence-corrected chi connectivity index (χ3v) is 3.60. The van der Waals surface area contributed by atoms with Crippen LogP contribution in [0.15, 0.2) is 46.9 Å². The summed E-state index contributed by atoms with van der Waals surface area (Å²) in [7, 11) is 0. The van der Waals surface area contributed by atoms with E-state index in [0.29, 0.717) is 17.1 Å². The van der Waals surface area contributed by atoms with Crippen LogP contribution in [0.25, 0.3) is 0 Å². The lowest BCUT2D eigenvalue weighted by atomic mass is 10.1. The van der Waals surface area contributed by atoms with Crippen LogP contribution in [0.5, 0.6) is 0 Å². The van der Waals surface area contributed by atoms with E-state index in [9.17, 15) is 4.79 Å². The molecule has 2 rings (SSSR count). The molecule has 0 aliphatic carbocycles. The normalized spacial score (nSPS) is 10.3. The minimum absolute atomic E-state index is 0.105. The Morgan fingerprint density at radius 1 is 1.26 bits per heavy atom. The predicted octanol–water partition coefficient (Wildman–Crippen LogP) is 4.34. The van der Waals surface area contributed by atoms with E-state index in [1.807, 2.05) is 49.4 Å². The number of nitrogens with one attached hydrogen (secondary N) is 1. The topological polar surface area (TPSA) is 29.1 Å². The van der Waals surface area contributed by atoms with Gasteiger partial charge in [-0.05, 0) is 58.2 Å². The molecule has 1 amide bonds. The Kier molecular flexibility index (Phi) is 4.61. The van der Waals surface area contributed by atoms with Crippen LogP contribution in [0.1, 0.15) is 21.5 Å². The monoisotopic (exact) mass is 337 g/mol. The molecule has 0 heterocycles. The zero-order valence-corrected chi connectivity index (χ0v) is 12.8. The van der Waals surface area contributed by atoms with E-state index in [0.717, 1.165) is 15.6 Å². The second kappa shape index (κ2) is 6.22. The van der Waals surface area contributed by atoms with Crippen molar-refractivity contribution >= 4 is 33.4 Å². The van der Waals surface area contributed by atoms with E-state index in [2.05, 4.69) is 21.2 Å². The molecule has 1 N–H and O–H groups in total. The summed E-state index contributed by atoms with van der Waals surface area (Å²) in [4.78, 5) is 12.1. The molecule has 4 heteroatoms. The second-order valence-electron chi connectivity index (χ2n) is 4.30. The molecule has 2 aromatic carbocycles. The van der Waals surface area contributed by atoms with Crippen LogP contribution in [0.3, 0.4) is 0 Å². The van der Waals surface area contributed by atoms with E-state index < -0.39 is 0 Å². The average Bonchev–Trinajstić information content (AvgIpc) is 2.36. The first-order chi connectivity index (χ1) is 9.06. The van der Waals surface area contributed by atoms with Crippen molar-refractivity contribution in [3.8, 4) is 0 Å². The number of carbonyl (C=O) groups is 1. The summed E-state index contributed by atoms with van der Waals surface area (Å²) in [5.41, 5.74) is 2.72. The molecule has 0 atom stereocenters. The van der Waals surface area contributed by atoms with Crippen LogP contribution in [0, 0.1) is 6.92 Å². The van der Waals surface area contributed by atoms with E-state index in [1.54, 1.807) is 0 Å². The molecule has 0 aliphatic rings. The van der Waals surface area contributed by atoms with Gasteiger partial charge in [-0.25, -0.2) is 0 Å². The third kappa shape index (κ3) is 3.82. The van der Waals surface area contributed by atoms with E-state index >= 15 is 0 Å². The maximum absolute atomic E-state index is 12.1. The van der Waals surface area contributed by atoms with Crippen LogP contribution in [-0.2, 0) is 6.54 Å². The van der Waals surface area contributed by atoms with Crippen LogP contribution in [0.4, 0.5) is 0 Å². The maximum atomic E-state index is 12.1. The second-order valence-corrected chi connectivity index (χ2v) is 5.59. The minimum atomic E-state index is -0.105. The fourth-order valence-electron chi connectivity index (χ4n) is 1.73. The molecule has 0 saturated carbocycles. The molecule has 19 heavy (non-hydrogen) atoms. The van der Waals surface area contributed by atoms with Gasteiger partial charge in [-0.1, -0.05) is 29.8 Å². The highest BCUT2D eigenvalue weighted by atomic mass is 79.9. The fraction of sp³-hybridized carbons (Fsp3) is 0.133. The Morgan fingerprint density at radius 2 is 2.05 bits per heavy atom. The van der Waals surface area contributed by atoms with Crippen molar-refractivity contribution in [2.45, 2.75) is 13.5 Å². The Labute approximate surface area is 125 Å². The molecule has 0 aliphatic heterocycles. The maximum Gasteiger partial charge on any atom is 0.252 e. The number of hydrogen-bond acceptors (Lipinski definition) is 1. The molecule has 0 radical (unpaired) electrons. The fourth-order valence-corrected chi connectivity index (χ4v) is 2.61. The summed E-state index contributed by atoms with van der Waals surface area (Å²) in [6.45, 7) is 2.44. The molecule has 0 bridgehead atoms. The summed E-state index contributed by atoms with van der Waals surface area (Å²) in [5, 5.41) is 3.54. The molecule has 0 saturated heterocycles. The SMILES string of the molecule is Cc1ccc(C(=O)NCc2cccc(Cl)c2)c(Br)c1. The minimum Gasteiger partial charge on any atom is -0.348 e. The number of amides is 1. The summed E-state index contributed by atoms with van der Waals surface area (Å²) in [6, 6.07) is 13.1. The zero-order chi connectivity index (χ0) is 13.8. The number of hydrogen-bond donors (Lipinski definition) is 1. The van der Waals surface area contributed by atoms with Crippen molar-refractivity contribution in [2.75, 3.05) is 0 Å². The molecule has 0 spiro atoms. The van der Waals surface area contributed by atoms with Crippen molar-refractivity contribution in [2.24, 2.45) is 0 Å². The molecule has 98 valence electrons. The smallest absolute Gasteiger partial charge is 0.252 e. The van der Waals surface area contributed by atoms with E-state index in [-0.39, 0.29) is 5.91 Å². The van der Waals surface area contributed by atoms with Gasteiger partial charge in [0.2, 0.25) is 0 Å². The highest BCUT2D eigenvalue weighted by Crippen LogP contribution is 2.18. The van der Waals surface area contributed by atoms with Crippen molar-refractivity contribution < 1.29 is 4.79 Å². The molecule has 2 aromatic rings. The van der Waals surface area contributed by atoms with Crippen molar-refractivity contribution in [3.05, 3.63) is 68.7 Å². The van der Waals surface area contributed by atoms with Crippen molar-refractivity contribution in [3.63, 3.8) is 0 Å². The van der Waals surface area contributed by atoms with Gasteiger partial charge in [0.15, 0.2) is 0 Å². The Balaban J connectivity index is 2.05. The first kappa shape index (κ1) is 14.1. The Hall–Kier alpha value is -1.32. The lowest BCUT2D eigenvalue weighted by molar-refractivity contribution is 0.0950. The summed E-state index contributed by atoms with van der Waals surface area (Å²) in [6.07, 6.45) is 0. The van der Waals surface area contributed by atoms with Gasteiger partial charge < -0.3 is 5.32 Å². The largest absolute Gasteiger partial charge is 0.348 e. The highest BCUT2D eigenvalue weighted by Gasteiger charge is 2.09. The van der Waals surface area contributed by atoms with Gasteiger partial charge in [0.25, 0.3) is 5.91 Å². The molecular weight excluding hydrogens is 326 g/mol. The third-order valence-electron chi connectivity index (χ3n) is 2.71. The number of carbonyl (C=O) groups excluding carboxylic acids is 1. The van der Waals surface area contributed by atoms with Gasteiger partial charge in [-0.3, -0.25) is 4.79 Å². The van der Waals surface area contributed by atoms with Gasteiger partial charge in [-0.2, -0.15) is 0 Å². The quantitative estimate of drug-likeness (QED) is 0.886. The van der Waals surface area contributed by atoms with Crippen LogP contribution >= 0.6 is 27.5 Å². The molecule has 0 fully saturated rings. The molecular formula is C15H13BrClNO. The summed E-state index contributed by atoms with van der Waals surface area (Å²) in [5.74, 6) is -0.105.